The minimum absolute atomic E-state index is 0.232. The smallest absolute Gasteiger partial charge is 0.337 e. The van der Waals surface area contributed by atoms with Gasteiger partial charge >= 0.3 is 5.97 Å². The average Bonchev–Trinajstić information content (AvgIpc) is 2.35. The fraction of sp³-hybridized carbons (Fsp3) is 0.333. The molecule has 18 heavy (non-hydrogen) atoms. The van der Waals surface area contributed by atoms with Crippen molar-refractivity contribution in [2.45, 2.75) is 23.3 Å². The first kappa shape index (κ1) is 15.0. The van der Waals surface area contributed by atoms with Gasteiger partial charge in [0.15, 0.2) is 11.9 Å². The van der Waals surface area contributed by atoms with Gasteiger partial charge in [0.05, 0.1) is 0 Å². The van der Waals surface area contributed by atoms with E-state index in [2.05, 4.69) is 0 Å². The summed E-state index contributed by atoms with van der Waals surface area (Å²) in [5.74, 6) is -1.57. The number of alkyl halides is 1. The van der Waals surface area contributed by atoms with Crippen LogP contribution in [-0.2, 0) is 9.59 Å². The van der Waals surface area contributed by atoms with E-state index in [1.54, 1.807) is 18.4 Å². The maximum atomic E-state index is 11.2. The normalized spacial score (nSPS) is 14.0. The van der Waals surface area contributed by atoms with Crippen molar-refractivity contribution in [3.8, 4) is 0 Å². The van der Waals surface area contributed by atoms with Crippen molar-refractivity contribution in [2.24, 2.45) is 0 Å². The van der Waals surface area contributed by atoms with Crippen LogP contribution in [0.3, 0.4) is 0 Å². The first-order chi connectivity index (χ1) is 8.38. The SMILES string of the molecule is CSc1ccc(C(Cl)C(C)=O)cc1C(O)C(=O)O. The summed E-state index contributed by atoms with van der Waals surface area (Å²) in [6.07, 6.45) is 0.152. The zero-order valence-electron chi connectivity index (χ0n) is 9.88. The number of aliphatic hydroxyl groups excluding tert-OH is 1. The predicted molar refractivity (Wildman–Crippen MR) is 70.1 cm³/mol. The topological polar surface area (TPSA) is 74.6 Å². The van der Waals surface area contributed by atoms with Gasteiger partial charge in [0, 0.05) is 10.5 Å². The molecule has 0 fully saturated rings. The quantitative estimate of drug-likeness (QED) is 0.643. The van der Waals surface area contributed by atoms with Crippen LogP contribution < -0.4 is 0 Å². The number of aliphatic carboxylic acids is 1. The number of carbonyl (C=O) groups is 2. The third-order valence-corrected chi connectivity index (χ3v) is 3.80. The van der Waals surface area contributed by atoms with E-state index < -0.39 is 17.5 Å². The molecule has 1 rings (SSSR count). The Morgan fingerprint density at radius 1 is 1.39 bits per heavy atom. The third kappa shape index (κ3) is 3.25. The van der Waals surface area contributed by atoms with E-state index in [1.807, 2.05) is 0 Å². The molecule has 0 aliphatic heterocycles. The van der Waals surface area contributed by atoms with E-state index in [9.17, 15) is 14.7 Å². The minimum atomic E-state index is -1.62. The molecule has 0 radical (unpaired) electrons. The van der Waals surface area contributed by atoms with Crippen LogP contribution in [-0.4, -0.2) is 28.2 Å². The molecule has 0 aliphatic carbocycles. The lowest BCUT2D eigenvalue weighted by atomic mass is 10.0. The lowest BCUT2D eigenvalue weighted by Gasteiger charge is -2.14. The summed E-state index contributed by atoms with van der Waals surface area (Å²) in [6, 6.07) is 4.77. The maximum Gasteiger partial charge on any atom is 0.337 e. The number of thioether (sulfide) groups is 1. The highest BCUT2D eigenvalue weighted by Gasteiger charge is 2.22. The molecule has 0 amide bonds. The Hall–Kier alpha value is -1.04. The number of rotatable bonds is 5. The van der Waals surface area contributed by atoms with Gasteiger partial charge in [-0.15, -0.1) is 23.4 Å². The third-order valence-electron chi connectivity index (χ3n) is 2.43. The van der Waals surface area contributed by atoms with Crippen LogP contribution in [0.2, 0.25) is 0 Å². The number of hydrogen-bond donors (Lipinski definition) is 2. The fourth-order valence-electron chi connectivity index (χ4n) is 1.49. The first-order valence-electron chi connectivity index (χ1n) is 5.11. The number of Topliss-reactive ketones (excluding diaryl/α,β-unsaturated/α-hetero) is 1. The molecule has 0 aromatic heterocycles. The first-order valence-corrected chi connectivity index (χ1v) is 6.77. The molecule has 0 heterocycles. The molecule has 0 saturated carbocycles. The van der Waals surface area contributed by atoms with Gasteiger partial charge in [0.1, 0.15) is 5.38 Å². The summed E-state index contributed by atoms with van der Waals surface area (Å²) in [5, 5.41) is 17.6. The zero-order valence-corrected chi connectivity index (χ0v) is 11.5. The van der Waals surface area contributed by atoms with E-state index in [1.165, 1.54) is 24.8 Å². The Balaban J connectivity index is 3.25. The van der Waals surface area contributed by atoms with Crippen molar-refractivity contribution in [3.63, 3.8) is 0 Å². The van der Waals surface area contributed by atoms with Crippen molar-refractivity contribution in [1.82, 2.24) is 0 Å². The van der Waals surface area contributed by atoms with Crippen LogP contribution in [0.1, 0.15) is 29.5 Å². The summed E-state index contributed by atoms with van der Waals surface area (Å²) >= 11 is 7.23. The van der Waals surface area contributed by atoms with Crippen LogP contribution >= 0.6 is 23.4 Å². The molecule has 6 heteroatoms. The number of aliphatic hydroxyl groups is 1. The predicted octanol–water partition coefficient (Wildman–Crippen LogP) is 2.40. The molecule has 0 saturated heterocycles. The number of ketones is 1. The van der Waals surface area contributed by atoms with Crippen LogP contribution in [0.25, 0.3) is 0 Å². The van der Waals surface area contributed by atoms with Gasteiger partial charge in [0.2, 0.25) is 0 Å². The van der Waals surface area contributed by atoms with E-state index >= 15 is 0 Å². The van der Waals surface area contributed by atoms with E-state index in [0.29, 0.717) is 10.5 Å². The Morgan fingerprint density at radius 3 is 2.44 bits per heavy atom. The number of carboxylic acids is 1. The summed E-state index contributed by atoms with van der Waals surface area (Å²) in [5.41, 5.74) is 0.733. The molecule has 2 unspecified atom stereocenters. The molecule has 2 N–H and O–H groups in total. The summed E-state index contributed by atoms with van der Waals surface area (Å²) < 4.78 is 0. The van der Waals surface area contributed by atoms with Gasteiger partial charge in [-0.1, -0.05) is 6.07 Å². The second-order valence-electron chi connectivity index (χ2n) is 3.72. The maximum absolute atomic E-state index is 11.2. The van der Waals surface area contributed by atoms with Crippen molar-refractivity contribution in [1.29, 1.82) is 0 Å². The van der Waals surface area contributed by atoms with E-state index in [0.717, 1.165) is 0 Å². The molecule has 1 aromatic carbocycles. The number of hydrogen-bond acceptors (Lipinski definition) is 4. The lowest BCUT2D eigenvalue weighted by Crippen LogP contribution is -2.12. The van der Waals surface area contributed by atoms with Crippen molar-refractivity contribution in [2.75, 3.05) is 6.26 Å². The summed E-state index contributed by atoms with van der Waals surface area (Å²) in [4.78, 5) is 22.7. The Kier molecular flexibility index (Phi) is 5.19. The van der Waals surface area contributed by atoms with Crippen LogP contribution in [0.15, 0.2) is 23.1 Å². The summed E-state index contributed by atoms with van der Waals surface area (Å²) in [6.45, 7) is 1.35. The van der Waals surface area contributed by atoms with Crippen LogP contribution in [0.5, 0.6) is 0 Å². The number of carboxylic acid groups (broad SMARTS) is 1. The molecule has 4 nitrogen and oxygen atoms in total. The van der Waals surface area contributed by atoms with Gasteiger partial charge in [-0.25, -0.2) is 4.79 Å². The van der Waals surface area contributed by atoms with Gasteiger partial charge in [-0.3, -0.25) is 4.79 Å². The van der Waals surface area contributed by atoms with Crippen molar-refractivity contribution < 1.29 is 19.8 Å². The number of carbonyl (C=O) groups excluding carboxylic acids is 1. The minimum Gasteiger partial charge on any atom is -0.479 e. The molecule has 0 aliphatic rings. The standard InChI is InChI=1S/C12H13ClO4S/c1-6(14)10(13)7-3-4-9(18-2)8(5-7)11(15)12(16)17/h3-5,10-11,15H,1-2H3,(H,16,17). The highest BCUT2D eigenvalue weighted by Crippen LogP contribution is 2.31. The van der Waals surface area contributed by atoms with Crippen LogP contribution in [0, 0.1) is 0 Å². The molecule has 98 valence electrons. The Bertz CT molecular complexity index is 475. The van der Waals surface area contributed by atoms with Gasteiger partial charge in [0.25, 0.3) is 0 Å². The van der Waals surface area contributed by atoms with Gasteiger partial charge < -0.3 is 10.2 Å². The van der Waals surface area contributed by atoms with Crippen molar-refractivity contribution >= 4 is 35.1 Å². The highest BCUT2D eigenvalue weighted by atomic mass is 35.5. The number of halogens is 1. The second-order valence-corrected chi connectivity index (χ2v) is 5.00. The van der Waals surface area contributed by atoms with Crippen LogP contribution in [0.4, 0.5) is 0 Å². The molecular formula is C12H13ClO4S. The van der Waals surface area contributed by atoms with Gasteiger partial charge in [-0.2, -0.15) is 0 Å². The zero-order chi connectivity index (χ0) is 13.9. The molecule has 0 bridgehead atoms. The van der Waals surface area contributed by atoms with E-state index in [-0.39, 0.29) is 11.3 Å². The molecule has 1 aromatic rings. The number of benzene rings is 1. The second kappa shape index (κ2) is 6.22. The molecular weight excluding hydrogens is 276 g/mol. The average molecular weight is 289 g/mol. The monoisotopic (exact) mass is 288 g/mol. The molecule has 2 atom stereocenters. The Labute approximate surface area is 114 Å². The highest BCUT2D eigenvalue weighted by molar-refractivity contribution is 7.98. The van der Waals surface area contributed by atoms with E-state index in [4.69, 9.17) is 16.7 Å². The molecule has 0 spiro atoms. The van der Waals surface area contributed by atoms with Crippen molar-refractivity contribution in [3.05, 3.63) is 29.3 Å². The van der Waals surface area contributed by atoms with Gasteiger partial charge in [-0.05, 0) is 30.9 Å². The largest absolute Gasteiger partial charge is 0.479 e. The Morgan fingerprint density at radius 2 is 2.00 bits per heavy atom. The summed E-state index contributed by atoms with van der Waals surface area (Å²) in [7, 11) is 0. The fourth-order valence-corrected chi connectivity index (χ4v) is 2.24. The lowest BCUT2D eigenvalue weighted by molar-refractivity contribution is -0.147.